The Morgan fingerprint density at radius 1 is 1.03 bits per heavy atom. The number of thioether (sulfide) groups is 1. The molecule has 2 aromatic carbocycles. The van der Waals surface area contributed by atoms with Gasteiger partial charge >= 0.3 is 0 Å². The van der Waals surface area contributed by atoms with E-state index >= 15 is 0 Å². The van der Waals surface area contributed by atoms with Crippen LogP contribution in [-0.4, -0.2) is 34.0 Å². The van der Waals surface area contributed by atoms with Gasteiger partial charge in [0.25, 0.3) is 0 Å². The van der Waals surface area contributed by atoms with Crippen LogP contribution in [0, 0.1) is 0 Å². The zero-order valence-corrected chi connectivity index (χ0v) is 21.7. The first-order chi connectivity index (χ1) is 14.0. The molecule has 30 heavy (non-hydrogen) atoms. The summed E-state index contributed by atoms with van der Waals surface area (Å²) in [7, 11) is 0. The van der Waals surface area contributed by atoms with Crippen LogP contribution in [0.4, 0.5) is 0 Å². The summed E-state index contributed by atoms with van der Waals surface area (Å²) in [5, 5.41) is 2.99. The van der Waals surface area contributed by atoms with Crippen LogP contribution in [-0.2, 0) is 21.9 Å². The number of benzene rings is 2. The average Bonchev–Trinajstić information content (AvgIpc) is 2.65. The average molecular weight is 556 g/mol. The van der Waals surface area contributed by atoms with Crippen LogP contribution in [0.2, 0.25) is 0 Å². The van der Waals surface area contributed by atoms with Crippen LogP contribution in [0.15, 0.2) is 57.5 Å². The highest BCUT2D eigenvalue weighted by molar-refractivity contribution is 9.10. The van der Waals surface area contributed by atoms with E-state index < -0.39 is 6.04 Å². The van der Waals surface area contributed by atoms with E-state index in [4.69, 9.17) is 0 Å². The molecular weight excluding hydrogens is 528 g/mol. The molecule has 0 fully saturated rings. The van der Waals surface area contributed by atoms with Gasteiger partial charge in [0.15, 0.2) is 0 Å². The summed E-state index contributed by atoms with van der Waals surface area (Å²) in [5.74, 6) is 0.862. The number of rotatable bonds is 8. The van der Waals surface area contributed by atoms with Gasteiger partial charge in [-0.25, -0.2) is 0 Å². The molecule has 4 nitrogen and oxygen atoms in total. The van der Waals surface area contributed by atoms with Crippen molar-refractivity contribution in [2.45, 2.75) is 51.6 Å². The highest BCUT2D eigenvalue weighted by Crippen LogP contribution is 2.19. The van der Waals surface area contributed by atoms with Gasteiger partial charge in [0.05, 0.1) is 5.75 Å². The summed E-state index contributed by atoms with van der Waals surface area (Å²) in [4.78, 5) is 27.5. The van der Waals surface area contributed by atoms with E-state index in [2.05, 4.69) is 37.2 Å². The lowest BCUT2D eigenvalue weighted by atomic mass is 10.1. The third-order valence-electron chi connectivity index (χ3n) is 4.31. The fourth-order valence-electron chi connectivity index (χ4n) is 2.81. The number of nitrogens with one attached hydrogen (secondary N) is 1. The molecular formula is C23H28Br2N2O2S. The molecule has 0 saturated heterocycles. The molecule has 162 valence electrons. The molecule has 7 heteroatoms. The van der Waals surface area contributed by atoms with Crippen LogP contribution in [0.25, 0.3) is 0 Å². The SMILES string of the molecule is C[C@H](C(=O)NC(C)(C)C)N(Cc1cccc(Br)c1)C(=O)CSCc1ccc(Br)cc1. The summed E-state index contributed by atoms with van der Waals surface area (Å²) < 4.78 is 1.98. The molecule has 1 atom stereocenters. The molecule has 2 aromatic rings. The Bertz CT molecular complexity index is 866. The first-order valence-electron chi connectivity index (χ1n) is 9.73. The Hall–Kier alpha value is -1.31. The highest BCUT2D eigenvalue weighted by atomic mass is 79.9. The molecule has 0 saturated carbocycles. The van der Waals surface area contributed by atoms with Gasteiger partial charge in [0, 0.05) is 26.8 Å². The van der Waals surface area contributed by atoms with Gasteiger partial charge in [0.2, 0.25) is 11.8 Å². The maximum Gasteiger partial charge on any atom is 0.242 e. The van der Waals surface area contributed by atoms with Crippen molar-refractivity contribution in [1.29, 1.82) is 0 Å². The normalized spacial score (nSPS) is 12.3. The minimum atomic E-state index is -0.566. The Labute approximate surface area is 200 Å². The van der Waals surface area contributed by atoms with Crippen molar-refractivity contribution in [2.24, 2.45) is 0 Å². The Kier molecular flexibility index (Phi) is 9.44. The molecule has 2 amide bonds. The number of carbonyl (C=O) groups is 2. The van der Waals surface area contributed by atoms with Crippen molar-refractivity contribution in [3.05, 3.63) is 68.6 Å². The molecule has 2 rings (SSSR count). The van der Waals surface area contributed by atoms with Crippen LogP contribution in [0.5, 0.6) is 0 Å². The molecule has 0 aromatic heterocycles. The molecule has 0 aliphatic rings. The van der Waals surface area contributed by atoms with Gasteiger partial charge < -0.3 is 10.2 Å². The lowest BCUT2D eigenvalue weighted by Crippen LogP contribution is -2.52. The number of halogens is 2. The number of amides is 2. The number of nitrogens with zero attached hydrogens (tertiary/aromatic N) is 1. The van der Waals surface area contributed by atoms with Crippen LogP contribution in [0.3, 0.4) is 0 Å². The Balaban J connectivity index is 2.09. The minimum absolute atomic E-state index is 0.0475. The highest BCUT2D eigenvalue weighted by Gasteiger charge is 2.28. The van der Waals surface area contributed by atoms with Crippen molar-refractivity contribution in [2.75, 3.05) is 5.75 Å². The van der Waals surface area contributed by atoms with Gasteiger partial charge in [0.1, 0.15) is 6.04 Å². The lowest BCUT2D eigenvalue weighted by molar-refractivity contribution is -0.139. The molecule has 0 bridgehead atoms. The van der Waals surface area contributed by atoms with E-state index in [1.54, 1.807) is 23.6 Å². The summed E-state index contributed by atoms with van der Waals surface area (Å²) in [5.41, 5.74) is 1.78. The maximum absolute atomic E-state index is 13.1. The second-order valence-electron chi connectivity index (χ2n) is 8.19. The lowest BCUT2D eigenvalue weighted by Gasteiger charge is -2.31. The molecule has 0 aliphatic carbocycles. The third-order valence-corrected chi connectivity index (χ3v) is 6.33. The van der Waals surface area contributed by atoms with Crippen molar-refractivity contribution >= 4 is 55.4 Å². The predicted octanol–water partition coefficient (Wildman–Crippen LogP) is 5.78. The number of hydrogen-bond donors (Lipinski definition) is 1. The molecule has 0 unspecified atom stereocenters. The van der Waals surface area contributed by atoms with Gasteiger partial charge in [-0.05, 0) is 63.1 Å². The van der Waals surface area contributed by atoms with Crippen LogP contribution in [0.1, 0.15) is 38.8 Å². The summed E-state index contributed by atoms with van der Waals surface area (Å²) in [6, 6.07) is 15.3. The second kappa shape index (κ2) is 11.3. The van der Waals surface area contributed by atoms with E-state index in [1.807, 2.05) is 69.3 Å². The summed E-state index contributed by atoms with van der Waals surface area (Å²) in [6.07, 6.45) is 0. The van der Waals surface area contributed by atoms with Crippen molar-refractivity contribution < 1.29 is 9.59 Å². The fourth-order valence-corrected chi connectivity index (χ4v) is 4.39. The van der Waals surface area contributed by atoms with Gasteiger partial charge in [-0.3, -0.25) is 9.59 Å². The zero-order valence-electron chi connectivity index (χ0n) is 17.7. The molecule has 1 N–H and O–H groups in total. The summed E-state index contributed by atoms with van der Waals surface area (Å²) in [6.45, 7) is 7.98. The first kappa shape index (κ1) is 25.0. The molecule has 0 heterocycles. The standard InChI is InChI=1S/C23H28Br2N2O2S/c1-16(22(29)26-23(2,3)4)27(13-18-6-5-7-20(25)12-18)21(28)15-30-14-17-8-10-19(24)11-9-17/h5-12,16H,13-15H2,1-4H3,(H,26,29)/t16-/m1/s1. The monoisotopic (exact) mass is 554 g/mol. The smallest absolute Gasteiger partial charge is 0.242 e. The van der Waals surface area contributed by atoms with E-state index in [1.165, 1.54) is 0 Å². The third kappa shape index (κ3) is 8.44. The minimum Gasteiger partial charge on any atom is -0.350 e. The fraction of sp³-hybridized carbons (Fsp3) is 0.391. The van der Waals surface area contributed by atoms with Gasteiger partial charge in [-0.15, -0.1) is 11.8 Å². The second-order valence-corrected chi connectivity index (χ2v) is 11.0. The van der Waals surface area contributed by atoms with E-state index in [-0.39, 0.29) is 17.4 Å². The largest absolute Gasteiger partial charge is 0.350 e. The Morgan fingerprint density at radius 3 is 2.30 bits per heavy atom. The molecule has 0 radical (unpaired) electrons. The predicted molar refractivity (Wildman–Crippen MR) is 132 cm³/mol. The Morgan fingerprint density at radius 2 is 1.70 bits per heavy atom. The topological polar surface area (TPSA) is 49.4 Å². The number of hydrogen-bond acceptors (Lipinski definition) is 3. The van der Waals surface area contributed by atoms with E-state index in [9.17, 15) is 9.59 Å². The van der Waals surface area contributed by atoms with Crippen molar-refractivity contribution in [1.82, 2.24) is 10.2 Å². The van der Waals surface area contributed by atoms with Crippen LogP contribution >= 0.6 is 43.6 Å². The quantitative estimate of drug-likeness (QED) is 0.449. The van der Waals surface area contributed by atoms with E-state index in [0.717, 1.165) is 25.8 Å². The van der Waals surface area contributed by atoms with Crippen LogP contribution < -0.4 is 5.32 Å². The van der Waals surface area contributed by atoms with Gasteiger partial charge in [-0.1, -0.05) is 56.1 Å². The van der Waals surface area contributed by atoms with Gasteiger partial charge in [-0.2, -0.15) is 0 Å². The summed E-state index contributed by atoms with van der Waals surface area (Å²) >= 11 is 8.47. The van der Waals surface area contributed by atoms with Crippen molar-refractivity contribution in [3.63, 3.8) is 0 Å². The van der Waals surface area contributed by atoms with Crippen molar-refractivity contribution in [3.8, 4) is 0 Å². The van der Waals surface area contributed by atoms with E-state index in [0.29, 0.717) is 12.3 Å². The molecule has 0 spiro atoms. The first-order valence-corrected chi connectivity index (χ1v) is 12.5. The zero-order chi connectivity index (χ0) is 22.3. The molecule has 0 aliphatic heterocycles. The number of carbonyl (C=O) groups excluding carboxylic acids is 2. The maximum atomic E-state index is 13.1.